The van der Waals surface area contributed by atoms with Gasteiger partial charge in [0.05, 0.1) is 34.0 Å². The predicted octanol–water partition coefficient (Wildman–Crippen LogP) is 5.82. The molecule has 0 bridgehead atoms. The van der Waals surface area contributed by atoms with Gasteiger partial charge in [-0.3, -0.25) is 4.79 Å². The summed E-state index contributed by atoms with van der Waals surface area (Å²) in [5.74, 6) is -8.55. The molecule has 0 spiro atoms. The molecule has 10 N–H and O–H groups in total. The number of carbonyl (C=O) groups is 6. The number of carbonyl (C=O) groups excluding carboxylic acids is 5. The van der Waals surface area contributed by atoms with Crippen LogP contribution in [-0.2, 0) is 35.0 Å². The van der Waals surface area contributed by atoms with Crippen molar-refractivity contribution in [3.05, 3.63) is 154 Å². The number of ether oxygens (including phenoxy) is 8. The first-order chi connectivity index (χ1) is 35.7. The second kappa shape index (κ2) is 31.4. The lowest BCUT2D eigenvalue weighted by Gasteiger charge is -2.10. The van der Waals surface area contributed by atoms with Crippen LogP contribution in [0, 0.1) is 0 Å². The number of hydrogen-bond acceptors (Lipinski definition) is 22. The number of nitrogens with one attached hydrogen (secondary N) is 1. The van der Waals surface area contributed by atoms with Gasteiger partial charge in [-0.25, -0.2) is 24.0 Å². The van der Waals surface area contributed by atoms with E-state index in [1.807, 2.05) is 54.6 Å². The number of hydrogen-bond donors (Lipinski definition) is 10. The minimum Gasteiger partial charge on any atom is -0.504 e. The van der Waals surface area contributed by atoms with Crippen molar-refractivity contribution in [3.8, 4) is 57.5 Å². The van der Waals surface area contributed by atoms with Crippen LogP contribution in [0.2, 0.25) is 0 Å². The molecule has 0 aliphatic rings. The number of aromatic hydroxyl groups is 8. The van der Waals surface area contributed by atoms with Crippen LogP contribution in [0.4, 0.5) is 0 Å². The Morgan fingerprint density at radius 2 is 0.680 bits per heavy atom. The normalized spacial score (nSPS) is 9.73. The van der Waals surface area contributed by atoms with Crippen LogP contribution in [0.25, 0.3) is 0 Å². The van der Waals surface area contributed by atoms with Gasteiger partial charge < -0.3 is 89.2 Å². The van der Waals surface area contributed by atoms with Crippen LogP contribution in [0.3, 0.4) is 0 Å². The SMILES string of the molecule is COC(=O)c1ccc(C(=O)NCc2ccccc2)c(O)c1O.COC(=O)c1ccc(C(=O)O)c(O)c1O.COC(=O)c1ccc(C(=O)OC)c(O)c1O.COCOc1ccccc1OCOC.Oc1ccccc1O. The van der Waals surface area contributed by atoms with E-state index >= 15 is 0 Å². The molecule has 0 unspecified atom stereocenters. The van der Waals surface area contributed by atoms with Crippen LogP contribution >= 0.6 is 0 Å². The Morgan fingerprint density at radius 3 is 1.00 bits per heavy atom. The zero-order chi connectivity index (χ0) is 56.2. The van der Waals surface area contributed by atoms with Gasteiger partial charge in [0.1, 0.15) is 27.8 Å². The zero-order valence-corrected chi connectivity index (χ0v) is 40.8. The number of carboxylic acids is 1. The third-order valence-electron chi connectivity index (χ3n) is 9.24. The molecular formula is C51H53NO23. The fourth-order valence-corrected chi connectivity index (χ4v) is 5.46. The second-order valence-electron chi connectivity index (χ2n) is 14.1. The van der Waals surface area contributed by atoms with E-state index in [1.54, 1.807) is 26.4 Å². The molecule has 24 nitrogen and oxygen atoms in total. The van der Waals surface area contributed by atoms with Gasteiger partial charge in [-0.05, 0) is 66.2 Å². The zero-order valence-electron chi connectivity index (χ0n) is 40.8. The summed E-state index contributed by atoms with van der Waals surface area (Å²) in [6, 6.07) is 29.6. The summed E-state index contributed by atoms with van der Waals surface area (Å²) < 4.78 is 37.7. The van der Waals surface area contributed by atoms with E-state index in [0.717, 1.165) is 58.3 Å². The van der Waals surface area contributed by atoms with Crippen molar-refractivity contribution >= 4 is 35.8 Å². The molecule has 0 saturated carbocycles. The van der Waals surface area contributed by atoms with Crippen molar-refractivity contribution in [2.45, 2.75) is 6.54 Å². The fraction of sp³-hybridized carbons (Fsp3) is 0.176. The number of para-hydroxylation sites is 4. The highest BCUT2D eigenvalue weighted by atomic mass is 16.7. The number of carboxylic acid groups (broad SMARTS) is 1. The van der Waals surface area contributed by atoms with E-state index < -0.39 is 75.8 Å². The summed E-state index contributed by atoms with van der Waals surface area (Å²) >= 11 is 0. The molecule has 0 heterocycles. The van der Waals surface area contributed by atoms with Crippen molar-refractivity contribution in [1.82, 2.24) is 5.32 Å². The summed E-state index contributed by atoms with van der Waals surface area (Å²) in [6.45, 7) is 0.680. The minimum atomic E-state index is -1.40. The molecule has 6 rings (SSSR count). The molecule has 0 radical (unpaired) electrons. The molecule has 75 heavy (non-hydrogen) atoms. The lowest BCUT2D eigenvalue weighted by Crippen LogP contribution is -2.23. The van der Waals surface area contributed by atoms with E-state index in [2.05, 4.69) is 24.3 Å². The van der Waals surface area contributed by atoms with Crippen molar-refractivity contribution in [2.24, 2.45) is 0 Å². The Labute approximate surface area is 427 Å². The molecule has 0 atom stereocenters. The maximum Gasteiger partial charge on any atom is 0.341 e. The van der Waals surface area contributed by atoms with Gasteiger partial charge in [-0.15, -0.1) is 0 Å². The van der Waals surface area contributed by atoms with Gasteiger partial charge in [0.15, 0.2) is 71.1 Å². The number of phenolic OH excluding ortho intramolecular Hbond substituents is 7. The molecule has 0 fully saturated rings. The van der Waals surface area contributed by atoms with Gasteiger partial charge in [0.25, 0.3) is 5.91 Å². The van der Waals surface area contributed by atoms with Crippen LogP contribution < -0.4 is 14.8 Å². The number of benzene rings is 6. The predicted molar refractivity (Wildman–Crippen MR) is 260 cm³/mol. The number of esters is 4. The number of rotatable bonds is 14. The Morgan fingerprint density at radius 1 is 0.387 bits per heavy atom. The topological polar surface area (TPSA) is 370 Å². The number of phenols is 8. The van der Waals surface area contributed by atoms with Crippen LogP contribution in [0.15, 0.2) is 115 Å². The van der Waals surface area contributed by atoms with Gasteiger partial charge in [-0.1, -0.05) is 54.6 Å². The largest absolute Gasteiger partial charge is 0.504 e. The van der Waals surface area contributed by atoms with E-state index in [-0.39, 0.29) is 59.4 Å². The summed E-state index contributed by atoms with van der Waals surface area (Å²) in [5.41, 5.74) is -0.674. The van der Waals surface area contributed by atoms with Crippen molar-refractivity contribution in [2.75, 3.05) is 56.2 Å². The summed E-state index contributed by atoms with van der Waals surface area (Å²) in [5, 5.41) is 85.7. The Hall–Kier alpha value is -9.94. The second-order valence-corrected chi connectivity index (χ2v) is 14.1. The molecule has 400 valence electrons. The first kappa shape index (κ1) is 61.2. The van der Waals surface area contributed by atoms with Crippen molar-refractivity contribution in [3.63, 3.8) is 0 Å². The standard InChI is InChI=1S/C16H15NO5.C10H10O6.C10H14O4.C9H8O6.C6H6O2/c1-22-16(21)12-8-7-11(13(18)14(12)19)15(20)17-9-10-5-3-2-4-6-10;1-15-9(13)5-3-4-6(10(14)16-2)8(12)7(5)11;1-11-7-13-9-5-3-4-6-10(9)14-8-12-2;1-15-9(14)5-3-2-4(8(12)13)6(10)7(5)11;7-5-3-1-2-4-6(5)8/h2-8,18-19H,9H2,1H3,(H,17,20);3-4,11-12H,1-2H3;3-6H,7-8H2,1-2H3;2-3,10-11H,1H3,(H,12,13);1-4,7-8H. The monoisotopic (exact) mass is 1050 g/mol. The molecule has 6 aromatic rings. The summed E-state index contributed by atoms with van der Waals surface area (Å²) in [6.07, 6.45) is 0. The van der Waals surface area contributed by atoms with Crippen molar-refractivity contribution < 1.29 is 113 Å². The number of methoxy groups -OCH3 is 6. The lowest BCUT2D eigenvalue weighted by atomic mass is 10.1. The summed E-state index contributed by atoms with van der Waals surface area (Å²) in [4.78, 5) is 67.2. The molecule has 0 aliphatic heterocycles. The average molecular weight is 1050 g/mol. The molecule has 0 saturated heterocycles. The van der Waals surface area contributed by atoms with Gasteiger partial charge >= 0.3 is 29.8 Å². The Bertz CT molecular complexity index is 2780. The average Bonchev–Trinajstić information content (AvgIpc) is 3.42. The van der Waals surface area contributed by atoms with E-state index in [4.69, 9.17) is 34.3 Å². The molecule has 24 heteroatoms. The third-order valence-corrected chi connectivity index (χ3v) is 9.24. The van der Waals surface area contributed by atoms with E-state index in [1.165, 1.54) is 24.3 Å². The van der Waals surface area contributed by atoms with E-state index in [0.29, 0.717) is 11.5 Å². The fourth-order valence-electron chi connectivity index (χ4n) is 5.46. The van der Waals surface area contributed by atoms with Crippen molar-refractivity contribution in [1.29, 1.82) is 0 Å². The highest BCUT2D eigenvalue weighted by molar-refractivity contribution is 6.02. The van der Waals surface area contributed by atoms with Crippen LogP contribution in [-0.4, -0.2) is 138 Å². The molecule has 6 aromatic carbocycles. The molecule has 1 amide bonds. The highest BCUT2D eigenvalue weighted by Crippen LogP contribution is 2.35. The lowest BCUT2D eigenvalue weighted by molar-refractivity contribution is 0.0323. The summed E-state index contributed by atoms with van der Waals surface area (Å²) in [7, 11) is 7.65. The van der Waals surface area contributed by atoms with Crippen LogP contribution in [0.1, 0.15) is 67.7 Å². The third kappa shape index (κ3) is 18.3. The Balaban J connectivity index is 0.000000330. The van der Waals surface area contributed by atoms with Gasteiger partial charge in [0, 0.05) is 20.8 Å². The minimum absolute atomic E-state index is 0.0764. The molecular weight excluding hydrogens is 995 g/mol. The number of aromatic carboxylic acids is 1. The number of amides is 1. The molecule has 0 aliphatic carbocycles. The maximum absolute atomic E-state index is 12.0. The Kier molecular flexibility index (Phi) is 25.6. The quantitative estimate of drug-likeness (QED) is 0.0266. The van der Waals surface area contributed by atoms with Gasteiger partial charge in [0.2, 0.25) is 0 Å². The maximum atomic E-state index is 12.0. The highest BCUT2D eigenvalue weighted by Gasteiger charge is 2.23. The first-order valence-corrected chi connectivity index (χ1v) is 21.1. The molecule has 0 aromatic heterocycles. The first-order valence-electron chi connectivity index (χ1n) is 21.1. The smallest absolute Gasteiger partial charge is 0.341 e. The van der Waals surface area contributed by atoms with E-state index in [9.17, 15) is 59.4 Å². The van der Waals surface area contributed by atoms with Crippen LogP contribution in [0.5, 0.6) is 57.5 Å². The van der Waals surface area contributed by atoms with Gasteiger partial charge in [-0.2, -0.15) is 0 Å².